The van der Waals surface area contributed by atoms with Gasteiger partial charge in [0, 0.05) is 6.04 Å². The summed E-state index contributed by atoms with van der Waals surface area (Å²) in [4.78, 5) is 0. The van der Waals surface area contributed by atoms with Crippen molar-refractivity contribution < 1.29 is 4.74 Å². The largest absolute Gasteiger partial charge is 0.491 e. The fourth-order valence-corrected chi connectivity index (χ4v) is 2.50. The van der Waals surface area contributed by atoms with Crippen molar-refractivity contribution in [2.75, 3.05) is 6.54 Å². The van der Waals surface area contributed by atoms with E-state index < -0.39 is 0 Å². The molecule has 0 unspecified atom stereocenters. The quantitative estimate of drug-likeness (QED) is 0.827. The Hall–Kier alpha value is -1.02. The lowest BCUT2D eigenvalue weighted by molar-refractivity contribution is 0.242. The minimum absolute atomic E-state index is 0.252. The third-order valence-electron chi connectivity index (χ3n) is 3.54. The zero-order chi connectivity index (χ0) is 13.0. The van der Waals surface area contributed by atoms with Crippen LogP contribution in [0.2, 0.25) is 0 Å². The van der Waals surface area contributed by atoms with Gasteiger partial charge in [0.1, 0.15) is 5.75 Å². The molecule has 0 aromatic heterocycles. The van der Waals surface area contributed by atoms with Crippen LogP contribution in [0.4, 0.5) is 0 Å². The molecule has 18 heavy (non-hydrogen) atoms. The topological polar surface area (TPSA) is 21.3 Å². The molecule has 0 aliphatic heterocycles. The molecule has 100 valence electrons. The van der Waals surface area contributed by atoms with Gasteiger partial charge in [-0.25, -0.2) is 0 Å². The Morgan fingerprint density at radius 1 is 1.22 bits per heavy atom. The van der Waals surface area contributed by atoms with Crippen molar-refractivity contribution >= 4 is 0 Å². The molecule has 2 heteroatoms. The van der Waals surface area contributed by atoms with E-state index in [4.69, 9.17) is 4.74 Å². The minimum atomic E-state index is 0.252. The summed E-state index contributed by atoms with van der Waals surface area (Å²) in [5.74, 6) is 1.72. The summed E-state index contributed by atoms with van der Waals surface area (Å²) in [5.41, 5.74) is 1.46. The number of hydrogen-bond acceptors (Lipinski definition) is 2. The highest BCUT2D eigenvalue weighted by Gasteiger charge is 2.29. The van der Waals surface area contributed by atoms with E-state index in [1.165, 1.54) is 24.8 Å². The molecule has 1 fully saturated rings. The SMILES string of the molecule is CCCNC1CC(c2ccc(OC(C)C)cc2)C1. The lowest BCUT2D eigenvalue weighted by atomic mass is 9.76. The summed E-state index contributed by atoms with van der Waals surface area (Å²) in [6.45, 7) is 7.49. The minimum Gasteiger partial charge on any atom is -0.491 e. The lowest BCUT2D eigenvalue weighted by Gasteiger charge is -2.36. The second-order valence-electron chi connectivity index (χ2n) is 5.56. The molecule has 1 aromatic carbocycles. The van der Waals surface area contributed by atoms with Crippen molar-refractivity contribution in [2.45, 2.75) is 58.1 Å². The van der Waals surface area contributed by atoms with Crippen LogP contribution in [0.15, 0.2) is 24.3 Å². The monoisotopic (exact) mass is 247 g/mol. The molecule has 2 nitrogen and oxygen atoms in total. The van der Waals surface area contributed by atoms with Crippen LogP contribution in [0.25, 0.3) is 0 Å². The van der Waals surface area contributed by atoms with Crippen molar-refractivity contribution in [3.63, 3.8) is 0 Å². The van der Waals surface area contributed by atoms with Crippen LogP contribution in [0, 0.1) is 0 Å². The third-order valence-corrected chi connectivity index (χ3v) is 3.54. The van der Waals surface area contributed by atoms with Gasteiger partial charge in [-0.15, -0.1) is 0 Å². The fourth-order valence-electron chi connectivity index (χ4n) is 2.50. The molecule has 0 radical (unpaired) electrons. The van der Waals surface area contributed by atoms with Crippen molar-refractivity contribution in [3.05, 3.63) is 29.8 Å². The molecule has 0 amide bonds. The molecule has 2 rings (SSSR count). The molecule has 0 bridgehead atoms. The van der Waals surface area contributed by atoms with Crippen molar-refractivity contribution in [3.8, 4) is 5.75 Å². The first-order valence-electron chi connectivity index (χ1n) is 7.19. The summed E-state index contributed by atoms with van der Waals surface area (Å²) >= 11 is 0. The number of benzene rings is 1. The molecule has 0 atom stereocenters. The summed E-state index contributed by atoms with van der Waals surface area (Å²) in [7, 11) is 0. The number of ether oxygens (including phenoxy) is 1. The first-order valence-corrected chi connectivity index (χ1v) is 7.19. The van der Waals surface area contributed by atoms with E-state index in [9.17, 15) is 0 Å². The normalized spacial score (nSPS) is 22.9. The fraction of sp³-hybridized carbons (Fsp3) is 0.625. The molecule has 1 aliphatic carbocycles. The molecule has 1 aromatic rings. The van der Waals surface area contributed by atoms with Gasteiger partial charge in [0.25, 0.3) is 0 Å². The van der Waals surface area contributed by atoms with E-state index in [0.717, 1.165) is 24.3 Å². The van der Waals surface area contributed by atoms with Crippen molar-refractivity contribution in [1.82, 2.24) is 5.32 Å². The Bertz CT molecular complexity index is 352. The first kappa shape index (κ1) is 13.4. The highest BCUT2D eigenvalue weighted by molar-refractivity contribution is 5.31. The Morgan fingerprint density at radius 3 is 2.44 bits per heavy atom. The maximum Gasteiger partial charge on any atom is 0.119 e. The summed E-state index contributed by atoms with van der Waals surface area (Å²) in [6, 6.07) is 9.38. The molecule has 1 N–H and O–H groups in total. The van der Waals surface area contributed by atoms with Crippen LogP contribution in [-0.2, 0) is 0 Å². The molecule has 0 saturated heterocycles. The van der Waals surface area contributed by atoms with Gasteiger partial charge in [-0.1, -0.05) is 19.1 Å². The molecular formula is C16H25NO. The van der Waals surface area contributed by atoms with Gasteiger partial charge in [0.15, 0.2) is 0 Å². The summed E-state index contributed by atoms with van der Waals surface area (Å²) in [5, 5.41) is 3.58. The van der Waals surface area contributed by atoms with Crippen LogP contribution in [0.5, 0.6) is 5.75 Å². The molecule has 0 heterocycles. The predicted molar refractivity (Wildman–Crippen MR) is 76.3 cm³/mol. The average Bonchev–Trinajstić information content (AvgIpc) is 2.28. The van der Waals surface area contributed by atoms with E-state index in [-0.39, 0.29) is 6.10 Å². The van der Waals surface area contributed by atoms with Gasteiger partial charge in [0.05, 0.1) is 6.10 Å². The summed E-state index contributed by atoms with van der Waals surface area (Å²) < 4.78 is 5.66. The van der Waals surface area contributed by atoms with Crippen LogP contribution in [0.3, 0.4) is 0 Å². The molecule has 1 aliphatic rings. The van der Waals surface area contributed by atoms with E-state index in [2.05, 4.69) is 50.4 Å². The third kappa shape index (κ3) is 3.49. The van der Waals surface area contributed by atoms with Crippen molar-refractivity contribution in [1.29, 1.82) is 0 Å². The van der Waals surface area contributed by atoms with Gasteiger partial charge < -0.3 is 10.1 Å². The molecule has 1 saturated carbocycles. The maximum absolute atomic E-state index is 5.66. The maximum atomic E-state index is 5.66. The number of rotatable bonds is 6. The predicted octanol–water partition coefficient (Wildman–Crippen LogP) is 3.72. The van der Waals surface area contributed by atoms with Crippen LogP contribution >= 0.6 is 0 Å². The number of hydrogen-bond donors (Lipinski definition) is 1. The second kappa shape index (κ2) is 6.24. The lowest BCUT2D eigenvalue weighted by Crippen LogP contribution is -2.40. The number of nitrogens with one attached hydrogen (secondary N) is 1. The summed E-state index contributed by atoms with van der Waals surface area (Å²) in [6.07, 6.45) is 4.04. The van der Waals surface area contributed by atoms with E-state index in [1.807, 2.05) is 0 Å². The molecular weight excluding hydrogens is 222 g/mol. The van der Waals surface area contributed by atoms with E-state index >= 15 is 0 Å². The Kier molecular flexibility index (Phi) is 4.65. The van der Waals surface area contributed by atoms with Gasteiger partial charge in [-0.2, -0.15) is 0 Å². The van der Waals surface area contributed by atoms with Crippen LogP contribution in [0.1, 0.15) is 51.5 Å². The highest BCUT2D eigenvalue weighted by Crippen LogP contribution is 2.37. The van der Waals surface area contributed by atoms with Crippen LogP contribution in [-0.4, -0.2) is 18.7 Å². The smallest absolute Gasteiger partial charge is 0.119 e. The van der Waals surface area contributed by atoms with Crippen LogP contribution < -0.4 is 10.1 Å². The van der Waals surface area contributed by atoms with E-state index in [1.54, 1.807) is 0 Å². The Morgan fingerprint density at radius 2 is 1.89 bits per heavy atom. The Balaban J connectivity index is 1.81. The van der Waals surface area contributed by atoms with Crippen molar-refractivity contribution in [2.24, 2.45) is 0 Å². The molecule has 0 spiro atoms. The van der Waals surface area contributed by atoms with Gasteiger partial charge in [-0.3, -0.25) is 0 Å². The van der Waals surface area contributed by atoms with Gasteiger partial charge >= 0.3 is 0 Å². The Labute approximate surface area is 111 Å². The standard InChI is InChI=1S/C16H25NO/c1-4-9-17-15-10-14(11-15)13-5-7-16(8-6-13)18-12(2)3/h5-8,12,14-15,17H,4,9-11H2,1-3H3. The van der Waals surface area contributed by atoms with E-state index in [0.29, 0.717) is 0 Å². The zero-order valence-corrected chi connectivity index (χ0v) is 11.8. The average molecular weight is 247 g/mol. The van der Waals surface area contributed by atoms with Gasteiger partial charge in [0.2, 0.25) is 0 Å². The highest BCUT2D eigenvalue weighted by atomic mass is 16.5. The zero-order valence-electron chi connectivity index (χ0n) is 11.8. The first-order chi connectivity index (χ1) is 8.69. The van der Waals surface area contributed by atoms with Gasteiger partial charge in [-0.05, 0) is 63.3 Å². The second-order valence-corrected chi connectivity index (χ2v) is 5.56.